The van der Waals surface area contributed by atoms with E-state index in [1.165, 1.54) is 74.5 Å². The van der Waals surface area contributed by atoms with Crippen molar-refractivity contribution in [3.8, 4) is 0 Å². The van der Waals surface area contributed by atoms with Gasteiger partial charge < -0.3 is 0 Å². The minimum atomic E-state index is -1.31. The van der Waals surface area contributed by atoms with E-state index in [9.17, 15) is 0 Å². The molecule has 5 rings (SSSR count). The summed E-state index contributed by atoms with van der Waals surface area (Å²) in [5.74, 6) is 0. The zero-order valence-corrected chi connectivity index (χ0v) is 33.2. The molecule has 4 aliphatic heterocycles. The van der Waals surface area contributed by atoms with Gasteiger partial charge in [0.05, 0.1) is 0 Å². The maximum absolute atomic E-state index is 5.28. The van der Waals surface area contributed by atoms with Gasteiger partial charge in [-0.25, -0.2) is 0 Å². The molecule has 5 heteroatoms. The van der Waals surface area contributed by atoms with E-state index in [0.717, 1.165) is 61.3 Å². The van der Waals surface area contributed by atoms with E-state index in [1.807, 2.05) is 0 Å². The Morgan fingerprint density at radius 1 is 0.667 bits per heavy atom. The third-order valence-corrected chi connectivity index (χ3v) is 11.7. The molecule has 0 spiro atoms. The van der Waals surface area contributed by atoms with Crippen LogP contribution in [-0.2, 0) is 6.42 Å². The maximum atomic E-state index is 5.28. The van der Waals surface area contributed by atoms with Crippen molar-refractivity contribution in [2.75, 3.05) is 0 Å². The van der Waals surface area contributed by atoms with Crippen LogP contribution < -0.4 is 3.54 Å². The van der Waals surface area contributed by atoms with Gasteiger partial charge in [0.2, 0.25) is 0 Å². The van der Waals surface area contributed by atoms with E-state index >= 15 is 0 Å². The number of aliphatic imine (C=N–C) groups is 2. The predicted octanol–water partition coefficient (Wildman–Crippen LogP) is 11.2. The summed E-state index contributed by atoms with van der Waals surface area (Å²) in [5, 5.41) is 0. The van der Waals surface area contributed by atoms with Crippen LogP contribution in [0.25, 0.3) is 12.2 Å². The van der Waals surface area contributed by atoms with Crippen molar-refractivity contribution < 1.29 is 0 Å². The summed E-state index contributed by atoms with van der Waals surface area (Å²) in [6.07, 6.45) is 20.1. The van der Waals surface area contributed by atoms with E-state index in [1.54, 1.807) is 0 Å². The number of fused-ring (bicyclic) bond motifs is 4. The third kappa shape index (κ3) is 7.69. The van der Waals surface area contributed by atoms with Crippen molar-refractivity contribution in [1.82, 2.24) is 6.33 Å². The molecule has 0 unspecified atom stereocenters. The van der Waals surface area contributed by atoms with Crippen molar-refractivity contribution >= 4 is 45.3 Å². The molecular weight excluding hydrogens is 655 g/mol. The fraction of sp³-hybridized carbons (Fsp3) is 0.500. The molecule has 0 atom stereocenters. The molecule has 0 aliphatic carbocycles. The van der Waals surface area contributed by atoms with Crippen LogP contribution in [0.15, 0.2) is 78.7 Å². The Morgan fingerprint density at radius 3 is 1.87 bits per heavy atom. The molecule has 4 nitrogen and oxygen atoms in total. The summed E-state index contributed by atoms with van der Waals surface area (Å²) in [4.78, 5) is 10.5. The first-order valence-corrected chi connectivity index (χ1v) is 20.4. The number of allylic oxidation sites excluding steroid dienone is 9. The number of aromatic nitrogens is 1. The van der Waals surface area contributed by atoms with Crippen LogP contribution in [0.2, 0.25) is 0 Å². The van der Waals surface area contributed by atoms with Crippen LogP contribution in [0.1, 0.15) is 144 Å². The third-order valence-electron chi connectivity index (χ3n) is 8.61. The van der Waals surface area contributed by atoms with Crippen LogP contribution in [0.5, 0.6) is 0 Å². The number of nitrogens with one attached hydrogen (secondary N) is 1. The number of hydrogen-bond donors (Lipinski definition) is 1. The minimum absolute atomic E-state index is 0.977. The molecular formula is C40H58N4Sn. The van der Waals surface area contributed by atoms with Gasteiger partial charge in [-0.05, 0) is 0 Å². The van der Waals surface area contributed by atoms with Gasteiger partial charge in [0.15, 0.2) is 0 Å². The number of hydrogen-bond acceptors (Lipinski definition) is 3. The van der Waals surface area contributed by atoms with Gasteiger partial charge in [-0.15, -0.1) is 0 Å². The first-order chi connectivity index (χ1) is 21.7. The summed E-state index contributed by atoms with van der Waals surface area (Å²) < 4.78 is 6.76. The average Bonchev–Trinajstić information content (AvgIpc) is 3.67. The molecule has 0 fully saturated rings. The Labute approximate surface area is 286 Å². The fourth-order valence-corrected chi connectivity index (χ4v) is 10.0. The molecule has 0 saturated heterocycles. The Morgan fingerprint density at radius 2 is 1.31 bits per heavy atom. The van der Waals surface area contributed by atoms with Gasteiger partial charge in [0, 0.05) is 0 Å². The first kappa shape index (κ1) is 36.9. The van der Waals surface area contributed by atoms with E-state index in [2.05, 4.69) is 120 Å². The van der Waals surface area contributed by atoms with Crippen molar-refractivity contribution in [2.45, 2.75) is 134 Å². The Balaban J connectivity index is 0.000000853. The molecule has 45 heavy (non-hydrogen) atoms. The zero-order chi connectivity index (χ0) is 33.3. The molecule has 0 saturated carbocycles. The summed E-state index contributed by atoms with van der Waals surface area (Å²) in [7, 11) is 0. The standard InChI is InChI=1S/C34H42N4.2C3H8.Sn/c1-9-22-15-16-29-27(13-5)28(14-6)32(37-29)19-31-25(11-3)20(7)30(38-31)18-24-17-23(10-2)34(36-24)21(8)33(35)26(22)12-4;2*1-3-2;/h15-19,35H,9-14H2,1-8H3;2*3H2,1-2H3;/q-2;;;+2. The van der Waals surface area contributed by atoms with Gasteiger partial charge in [-0.2, -0.15) is 0 Å². The molecule has 1 aromatic rings. The summed E-state index contributed by atoms with van der Waals surface area (Å²) >= 11 is -1.31. The van der Waals surface area contributed by atoms with Gasteiger partial charge in [0.1, 0.15) is 0 Å². The average molecular weight is 714 g/mol. The summed E-state index contributed by atoms with van der Waals surface area (Å²) in [6.45, 7) is 26.7. The molecule has 5 heterocycles. The van der Waals surface area contributed by atoms with Crippen LogP contribution in [-0.4, -0.2) is 35.9 Å². The van der Waals surface area contributed by atoms with Gasteiger partial charge >= 0.3 is 247 Å². The van der Waals surface area contributed by atoms with Crippen LogP contribution in [0, 0.1) is 6.92 Å². The van der Waals surface area contributed by atoms with Crippen molar-refractivity contribution in [2.24, 2.45) is 9.98 Å². The molecule has 0 aromatic carbocycles. The first-order valence-electron chi connectivity index (χ1n) is 17.7. The second-order valence-corrected chi connectivity index (χ2v) is 14.6. The number of nitrogens with zero attached hydrogens (tertiary/aromatic N) is 3. The van der Waals surface area contributed by atoms with Crippen LogP contribution in [0.3, 0.4) is 0 Å². The molecule has 242 valence electrons. The second kappa shape index (κ2) is 17.4. The van der Waals surface area contributed by atoms with Crippen molar-refractivity contribution in [3.05, 3.63) is 91.3 Å². The molecule has 4 aliphatic rings. The summed E-state index contributed by atoms with van der Waals surface area (Å²) in [6, 6.07) is 0. The topological polar surface area (TPSA) is 41.7 Å². The van der Waals surface area contributed by atoms with E-state index < -0.39 is 21.7 Å². The molecule has 0 amide bonds. The second-order valence-electron chi connectivity index (χ2n) is 12.0. The van der Waals surface area contributed by atoms with E-state index in [-0.39, 0.29) is 0 Å². The number of rotatable bonds is 6. The summed E-state index contributed by atoms with van der Waals surface area (Å²) in [5.41, 5.74) is 19.5. The Bertz CT molecular complexity index is 1540. The van der Waals surface area contributed by atoms with E-state index in [0.29, 0.717) is 0 Å². The van der Waals surface area contributed by atoms with Crippen LogP contribution in [0.4, 0.5) is 0 Å². The fourth-order valence-electron chi connectivity index (χ4n) is 6.51. The van der Waals surface area contributed by atoms with Gasteiger partial charge in [0.25, 0.3) is 0 Å². The zero-order valence-electron chi connectivity index (χ0n) is 30.4. The SMILES string of the molecule is CCC.CCC.CCC1=CC2=Cc3c(C)c(CC)c4[n]3[Sn][NH]C(=C(C)C1=N2)C(CC)=C(CC)C=CC1=NC(=C4)C(CC)=C1CC. The van der Waals surface area contributed by atoms with Crippen molar-refractivity contribution in [3.63, 3.8) is 0 Å². The molecule has 2 radical (unpaired) electrons. The molecule has 1 aromatic heterocycles. The van der Waals surface area contributed by atoms with Crippen molar-refractivity contribution in [1.29, 1.82) is 0 Å². The Kier molecular flexibility index (Phi) is 14.2. The molecule has 6 bridgehead atoms. The van der Waals surface area contributed by atoms with Gasteiger partial charge in [-0.1, -0.05) is 40.5 Å². The monoisotopic (exact) mass is 714 g/mol. The Hall–Kier alpha value is -2.60. The van der Waals surface area contributed by atoms with Gasteiger partial charge in [-0.3, -0.25) is 0 Å². The van der Waals surface area contributed by atoms with Crippen LogP contribution >= 0.6 is 0 Å². The molecule has 1 N–H and O–H groups in total. The predicted molar refractivity (Wildman–Crippen MR) is 201 cm³/mol. The van der Waals surface area contributed by atoms with E-state index in [4.69, 9.17) is 9.98 Å². The normalized spacial score (nSPS) is 17.1. The quantitative estimate of drug-likeness (QED) is 0.293.